The summed E-state index contributed by atoms with van der Waals surface area (Å²) >= 11 is 1.89. The Hall–Kier alpha value is -7.52. The molecule has 286 valence electrons. The Balaban J connectivity index is 1.14. The molecule has 11 aromatic rings. The van der Waals surface area contributed by atoms with Gasteiger partial charge in [0.25, 0.3) is 0 Å². The molecule has 0 radical (unpaired) electrons. The quantitative estimate of drug-likeness (QED) is 0.155. The number of hydrogen-bond donors (Lipinski definition) is 0. The first-order valence-electron chi connectivity index (χ1n) is 21.0. The summed E-state index contributed by atoms with van der Waals surface area (Å²) in [4.78, 5) is 2.49. The molecule has 10 aromatic carbocycles. The van der Waals surface area contributed by atoms with E-state index in [0.29, 0.717) is 0 Å². The van der Waals surface area contributed by atoms with E-state index in [1.54, 1.807) is 0 Å². The van der Waals surface area contributed by atoms with Crippen LogP contribution in [0.4, 0.5) is 17.1 Å². The normalized spacial score (nSPS) is 12.7. The lowest BCUT2D eigenvalue weighted by atomic mass is 9.67. The van der Waals surface area contributed by atoms with Crippen LogP contribution in [0.25, 0.3) is 64.3 Å². The predicted octanol–water partition coefficient (Wildman–Crippen LogP) is 16.4. The van der Waals surface area contributed by atoms with Crippen molar-refractivity contribution in [3.05, 3.63) is 259 Å². The van der Waals surface area contributed by atoms with E-state index >= 15 is 0 Å². The highest BCUT2D eigenvalue weighted by Gasteiger charge is 2.46. The first-order chi connectivity index (χ1) is 30.3. The molecule has 12 rings (SSSR count). The first kappa shape index (κ1) is 35.4. The number of hydrogen-bond acceptors (Lipinski definition) is 2. The van der Waals surface area contributed by atoms with E-state index in [0.717, 1.165) is 17.1 Å². The summed E-state index contributed by atoms with van der Waals surface area (Å²) in [7, 11) is 0. The van der Waals surface area contributed by atoms with Crippen molar-refractivity contribution in [1.29, 1.82) is 0 Å². The van der Waals surface area contributed by atoms with Gasteiger partial charge < -0.3 is 4.90 Å². The lowest BCUT2D eigenvalue weighted by Gasteiger charge is -2.35. The van der Waals surface area contributed by atoms with Crippen molar-refractivity contribution < 1.29 is 0 Å². The van der Waals surface area contributed by atoms with Gasteiger partial charge >= 0.3 is 0 Å². The predicted molar refractivity (Wildman–Crippen MR) is 260 cm³/mol. The molecular formula is C59H39NS. The molecule has 0 saturated carbocycles. The van der Waals surface area contributed by atoms with Gasteiger partial charge in [0.1, 0.15) is 0 Å². The molecule has 2 heteroatoms. The molecule has 0 N–H and O–H groups in total. The largest absolute Gasteiger partial charge is 0.310 e. The number of nitrogens with zero attached hydrogens (tertiary/aromatic N) is 1. The number of thiophene rings is 1. The van der Waals surface area contributed by atoms with Crippen molar-refractivity contribution in [1.82, 2.24) is 0 Å². The molecule has 1 heterocycles. The molecule has 0 aliphatic heterocycles. The first-order valence-corrected chi connectivity index (χ1v) is 21.8. The number of anilines is 3. The van der Waals surface area contributed by atoms with Crippen LogP contribution in [0.5, 0.6) is 0 Å². The number of benzene rings is 10. The van der Waals surface area contributed by atoms with Crippen LogP contribution in [0.15, 0.2) is 237 Å². The highest BCUT2D eigenvalue weighted by atomic mass is 32.1. The van der Waals surface area contributed by atoms with Gasteiger partial charge in [0, 0.05) is 42.5 Å². The van der Waals surface area contributed by atoms with Crippen LogP contribution in [0.3, 0.4) is 0 Å². The van der Waals surface area contributed by atoms with Gasteiger partial charge in [-0.15, -0.1) is 11.3 Å². The lowest BCUT2D eigenvalue weighted by Crippen LogP contribution is -2.28. The second-order valence-corrected chi connectivity index (χ2v) is 17.0. The van der Waals surface area contributed by atoms with Gasteiger partial charge in [0.05, 0.1) is 11.1 Å². The third-order valence-electron chi connectivity index (χ3n) is 12.7. The van der Waals surface area contributed by atoms with Gasteiger partial charge in [0.2, 0.25) is 0 Å². The van der Waals surface area contributed by atoms with Crippen LogP contribution in [-0.4, -0.2) is 0 Å². The standard InChI is InChI=1S/C59H39NS/c1-5-19-40(20-6-1)46-27-16-18-32-56(46)60(44-34-36-57-52(37-44)53-39-51(41-21-7-2-8-22-41)47-28-13-14-30-50(47)58(53)61-57)45-33-35-49-48-29-15-17-31-54(48)59(55(49)38-45,42-23-9-3-10-24-42)43-25-11-4-12-26-43/h1-39H. The average molecular weight is 794 g/mol. The van der Waals surface area contributed by atoms with Crippen LogP contribution < -0.4 is 4.90 Å². The van der Waals surface area contributed by atoms with E-state index in [2.05, 4.69) is 241 Å². The highest BCUT2D eigenvalue weighted by molar-refractivity contribution is 7.26. The lowest BCUT2D eigenvalue weighted by molar-refractivity contribution is 0.768. The summed E-state index contributed by atoms with van der Waals surface area (Å²) < 4.78 is 2.60. The molecule has 0 spiro atoms. The monoisotopic (exact) mass is 793 g/mol. The van der Waals surface area contributed by atoms with Gasteiger partial charge in [-0.1, -0.05) is 194 Å². The minimum Gasteiger partial charge on any atom is -0.310 e. The second-order valence-electron chi connectivity index (χ2n) is 16.0. The zero-order valence-electron chi connectivity index (χ0n) is 33.4. The topological polar surface area (TPSA) is 3.24 Å². The number of rotatable bonds is 7. The summed E-state index contributed by atoms with van der Waals surface area (Å²) in [5, 5.41) is 5.13. The van der Waals surface area contributed by atoms with Crippen molar-refractivity contribution in [2.45, 2.75) is 5.41 Å². The third-order valence-corrected chi connectivity index (χ3v) is 14.0. The minimum atomic E-state index is -0.516. The van der Waals surface area contributed by atoms with Gasteiger partial charge in [0.15, 0.2) is 0 Å². The Morgan fingerprint density at radius 3 is 1.56 bits per heavy atom. The van der Waals surface area contributed by atoms with Gasteiger partial charge in [-0.2, -0.15) is 0 Å². The molecule has 0 saturated heterocycles. The van der Waals surface area contributed by atoms with Crippen LogP contribution in [0.1, 0.15) is 22.3 Å². The van der Waals surface area contributed by atoms with Crippen molar-refractivity contribution in [2.75, 3.05) is 4.90 Å². The smallest absolute Gasteiger partial charge is 0.0714 e. The summed E-state index contributed by atoms with van der Waals surface area (Å²) in [6, 6.07) is 87.3. The molecule has 0 atom stereocenters. The van der Waals surface area contributed by atoms with E-state index in [-0.39, 0.29) is 0 Å². The summed E-state index contributed by atoms with van der Waals surface area (Å²) in [5.74, 6) is 0. The van der Waals surface area contributed by atoms with E-state index in [1.807, 2.05) is 11.3 Å². The molecule has 0 fully saturated rings. The molecule has 1 nitrogen and oxygen atoms in total. The highest BCUT2D eigenvalue weighted by Crippen LogP contribution is 2.57. The summed E-state index contributed by atoms with van der Waals surface area (Å²) in [5.41, 5.74) is 15.3. The minimum absolute atomic E-state index is 0.516. The Kier molecular flexibility index (Phi) is 8.33. The van der Waals surface area contributed by atoms with Crippen LogP contribution in [0, 0.1) is 0 Å². The SMILES string of the molecule is c1ccc(-c2ccccc2N(c2ccc3c(c2)C(c2ccccc2)(c2ccccc2)c2ccccc2-3)c2ccc3sc4c5ccccc5c(-c5ccccc5)cc4c3c2)cc1. The summed E-state index contributed by atoms with van der Waals surface area (Å²) in [6.45, 7) is 0. The molecule has 1 aromatic heterocycles. The fraction of sp³-hybridized carbons (Fsp3) is 0.0169. The number of para-hydroxylation sites is 1. The Bertz CT molecular complexity index is 3370. The maximum atomic E-state index is 2.49. The number of fused-ring (bicyclic) bond motifs is 8. The third kappa shape index (κ3) is 5.53. The molecule has 0 amide bonds. The average Bonchev–Trinajstić information content (AvgIpc) is 3.86. The van der Waals surface area contributed by atoms with Gasteiger partial charge in [-0.05, 0) is 97.9 Å². The Labute approximate surface area is 360 Å². The zero-order chi connectivity index (χ0) is 40.3. The Morgan fingerprint density at radius 2 is 0.852 bits per heavy atom. The van der Waals surface area contributed by atoms with Gasteiger partial charge in [-0.3, -0.25) is 0 Å². The fourth-order valence-corrected chi connectivity index (χ4v) is 11.3. The van der Waals surface area contributed by atoms with E-state index in [9.17, 15) is 0 Å². The van der Waals surface area contributed by atoms with E-state index < -0.39 is 5.41 Å². The van der Waals surface area contributed by atoms with Crippen LogP contribution in [-0.2, 0) is 5.41 Å². The second kappa shape index (κ2) is 14.3. The summed E-state index contributed by atoms with van der Waals surface area (Å²) in [6.07, 6.45) is 0. The van der Waals surface area contributed by atoms with Gasteiger partial charge in [-0.25, -0.2) is 0 Å². The molecule has 1 aliphatic rings. The molecule has 0 unspecified atom stereocenters. The van der Waals surface area contributed by atoms with Crippen LogP contribution in [0.2, 0.25) is 0 Å². The molecular weight excluding hydrogens is 755 g/mol. The zero-order valence-corrected chi connectivity index (χ0v) is 34.2. The Morgan fingerprint density at radius 1 is 0.328 bits per heavy atom. The van der Waals surface area contributed by atoms with Crippen molar-refractivity contribution in [2.24, 2.45) is 0 Å². The van der Waals surface area contributed by atoms with Crippen LogP contribution >= 0.6 is 11.3 Å². The molecule has 0 bridgehead atoms. The van der Waals surface area contributed by atoms with Crippen molar-refractivity contribution >= 4 is 59.3 Å². The maximum Gasteiger partial charge on any atom is 0.0714 e. The molecule has 61 heavy (non-hydrogen) atoms. The van der Waals surface area contributed by atoms with Crippen molar-refractivity contribution in [3.63, 3.8) is 0 Å². The molecule has 1 aliphatic carbocycles. The maximum absolute atomic E-state index is 2.49. The van der Waals surface area contributed by atoms with E-state index in [1.165, 1.54) is 86.6 Å². The van der Waals surface area contributed by atoms with E-state index in [4.69, 9.17) is 0 Å². The van der Waals surface area contributed by atoms with Crippen molar-refractivity contribution in [3.8, 4) is 33.4 Å². The fourth-order valence-electron chi connectivity index (χ4n) is 10.1.